The maximum Gasteiger partial charge on any atom is 0.295 e. The van der Waals surface area contributed by atoms with Gasteiger partial charge in [-0.15, -0.1) is 0 Å². The first kappa shape index (κ1) is 25.5. The van der Waals surface area contributed by atoms with Gasteiger partial charge in [0.25, 0.3) is 11.7 Å². The van der Waals surface area contributed by atoms with E-state index in [-0.39, 0.29) is 34.7 Å². The number of aliphatic hydroxyl groups is 1. The highest BCUT2D eigenvalue weighted by Gasteiger charge is 2.46. The van der Waals surface area contributed by atoms with Crippen LogP contribution in [0.25, 0.3) is 5.76 Å². The molecule has 1 aliphatic rings. The third kappa shape index (κ3) is 4.61. The van der Waals surface area contributed by atoms with E-state index in [4.69, 9.17) is 4.74 Å². The summed E-state index contributed by atoms with van der Waals surface area (Å²) in [4.78, 5) is 26.8. The summed E-state index contributed by atoms with van der Waals surface area (Å²) in [5.41, 5.74) is -0.0878. The predicted octanol–water partition coefficient (Wildman–Crippen LogP) is 2.92. The summed E-state index contributed by atoms with van der Waals surface area (Å²) < 4.78 is 46.5. The lowest BCUT2D eigenvalue weighted by Gasteiger charge is -2.25. The van der Waals surface area contributed by atoms with Crippen LogP contribution in [0.1, 0.15) is 31.0 Å². The average molecular weight is 491 g/mol. The van der Waals surface area contributed by atoms with E-state index in [0.29, 0.717) is 13.1 Å². The van der Waals surface area contributed by atoms with Crippen molar-refractivity contribution < 1.29 is 32.2 Å². The number of halogens is 1. The van der Waals surface area contributed by atoms with E-state index in [1.165, 1.54) is 53.9 Å². The minimum absolute atomic E-state index is 0.0118. The van der Waals surface area contributed by atoms with Gasteiger partial charge in [0.05, 0.1) is 23.1 Å². The van der Waals surface area contributed by atoms with Crippen LogP contribution in [-0.4, -0.2) is 67.8 Å². The largest absolute Gasteiger partial charge is 0.507 e. The minimum atomic E-state index is -3.72. The SMILES string of the molecule is CCN(CC)S(=O)(=O)c1ccc(/C(O)=C2/C(=O)C(=O)N(CCOC)C2c2ccccc2F)cc1. The van der Waals surface area contributed by atoms with Crippen LogP contribution in [0.2, 0.25) is 0 Å². The van der Waals surface area contributed by atoms with Crippen LogP contribution < -0.4 is 0 Å². The lowest BCUT2D eigenvalue weighted by Crippen LogP contribution is -2.33. The van der Waals surface area contributed by atoms with E-state index < -0.39 is 39.3 Å². The van der Waals surface area contributed by atoms with Crippen LogP contribution in [-0.2, 0) is 24.3 Å². The molecule has 10 heteroatoms. The fourth-order valence-corrected chi connectivity index (χ4v) is 5.43. The fraction of sp³-hybridized carbons (Fsp3) is 0.333. The number of likely N-dealkylation sites (tertiary alicyclic amines) is 1. The Kier molecular flexibility index (Phi) is 7.86. The van der Waals surface area contributed by atoms with Crippen molar-refractivity contribution in [3.8, 4) is 0 Å². The molecule has 182 valence electrons. The van der Waals surface area contributed by atoms with Crippen molar-refractivity contribution in [2.24, 2.45) is 0 Å². The summed E-state index contributed by atoms with van der Waals surface area (Å²) in [5.74, 6) is -2.99. The number of sulfonamides is 1. The number of Topliss-reactive ketones (excluding diaryl/α,β-unsaturated/α-hetero) is 1. The molecule has 2 aromatic rings. The van der Waals surface area contributed by atoms with Gasteiger partial charge in [0, 0.05) is 37.9 Å². The number of rotatable bonds is 9. The molecule has 8 nitrogen and oxygen atoms in total. The third-order valence-corrected chi connectivity index (χ3v) is 7.81. The lowest BCUT2D eigenvalue weighted by atomic mass is 9.95. The van der Waals surface area contributed by atoms with E-state index in [1.807, 2.05) is 0 Å². The number of carbonyl (C=O) groups is 2. The van der Waals surface area contributed by atoms with Gasteiger partial charge in [0.2, 0.25) is 10.0 Å². The number of aliphatic hydroxyl groups excluding tert-OH is 1. The standard InChI is InChI=1S/C24H27FN2O6S/c1-4-26(5-2)34(31,32)17-12-10-16(11-13-17)22(28)20-21(18-8-6-7-9-19(18)25)27(14-15-33-3)24(30)23(20)29/h6-13,21,28H,4-5,14-15H2,1-3H3/b22-20-. The molecule has 0 spiro atoms. The second-order valence-corrected chi connectivity index (χ2v) is 9.56. The zero-order chi connectivity index (χ0) is 25.0. The minimum Gasteiger partial charge on any atom is -0.507 e. The maximum absolute atomic E-state index is 14.7. The summed E-state index contributed by atoms with van der Waals surface area (Å²) in [6, 6.07) is 9.90. The maximum atomic E-state index is 14.7. The first-order valence-electron chi connectivity index (χ1n) is 10.8. The molecule has 0 aliphatic carbocycles. The lowest BCUT2D eigenvalue weighted by molar-refractivity contribution is -0.140. The molecule has 1 fully saturated rings. The number of methoxy groups -OCH3 is 1. The number of ketones is 1. The molecule has 34 heavy (non-hydrogen) atoms. The van der Waals surface area contributed by atoms with Crippen LogP contribution in [0.15, 0.2) is 59.0 Å². The Bertz CT molecular complexity index is 1210. The molecule has 1 unspecified atom stereocenters. The molecule has 1 amide bonds. The monoisotopic (exact) mass is 490 g/mol. The topological polar surface area (TPSA) is 104 Å². The van der Waals surface area contributed by atoms with E-state index in [0.717, 1.165) is 4.90 Å². The molecule has 1 N–H and O–H groups in total. The molecule has 1 heterocycles. The summed E-state index contributed by atoms with van der Waals surface area (Å²) in [6.07, 6.45) is 0. The highest BCUT2D eigenvalue weighted by molar-refractivity contribution is 7.89. The van der Waals surface area contributed by atoms with Crippen molar-refractivity contribution in [2.75, 3.05) is 33.4 Å². The number of carbonyl (C=O) groups excluding carboxylic acids is 2. The van der Waals surface area contributed by atoms with Crippen molar-refractivity contribution in [3.63, 3.8) is 0 Å². The molecular weight excluding hydrogens is 463 g/mol. The number of benzene rings is 2. The highest BCUT2D eigenvalue weighted by atomic mass is 32.2. The normalized spacial score (nSPS) is 18.1. The Morgan fingerprint density at radius 1 is 1.09 bits per heavy atom. The summed E-state index contributed by atoms with van der Waals surface area (Å²) in [6.45, 7) is 4.18. The van der Waals surface area contributed by atoms with Crippen LogP contribution in [0, 0.1) is 5.82 Å². The van der Waals surface area contributed by atoms with E-state index in [1.54, 1.807) is 19.9 Å². The van der Waals surface area contributed by atoms with Gasteiger partial charge in [0.1, 0.15) is 11.6 Å². The van der Waals surface area contributed by atoms with Crippen molar-refractivity contribution in [3.05, 3.63) is 71.0 Å². The molecule has 3 rings (SSSR count). The first-order chi connectivity index (χ1) is 16.2. The smallest absolute Gasteiger partial charge is 0.295 e. The Morgan fingerprint density at radius 3 is 2.26 bits per heavy atom. The first-order valence-corrected chi connectivity index (χ1v) is 12.2. The van der Waals surface area contributed by atoms with Gasteiger partial charge in [-0.25, -0.2) is 12.8 Å². The zero-order valence-electron chi connectivity index (χ0n) is 19.2. The van der Waals surface area contributed by atoms with Crippen LogP contribution in [0.4, 0.5) is 4.39 Å². The molecule has 0 aromatic heterocycles. The van der Waals surface area contributed by atoms with E-state index in [2.05, 4.69) is 0 Å². The van der Waals surface area contributed by atoms with Crippen molar-refractivity contribution in [1.29, 1.82) is 0 Å². The van der Waals surface area contributed by atoms with E-state index in [9.17, 15) is 27.5 Å². The van der Waals surface area contributed by atoms with Gasteiger partial charge in [-0.1, -0.05) is 32.0 Å². The molecule has 0 bridgehead atoms. The van der Waals surface area contributed by atoms with Crippen LogP contribution in [0.3, 0.4) is 0 Å². The van der Waals surface area contributed by atoms with Gasteiger partial charge in [-0.2, -0.15) is 4.31 Å². The molecule has 0 radical (unpaired) electrons. The molecule has 0 saturated carbocycles. The summed E-state index contributed by atoms with van der Waals surface area (Å²) >= 11 is 0. The van der Waals surface area contributed by atoms with Gasteiger partial charge in [0.15, 0.2) is 0 Å². The number of ether oxygens (including phenoxy) is 1. The van der Waals surface area contributed by atoms with Gasteiger partial charge >= 0.3 is 0 Å². The quantitative estimate of drug-likeness (QED) is 0.329. The molecular formula is C24H27FN2O6S. The summed E-state index contributed by atoms with van der Waals surface area (Å²) in [7, 11) is -2.28. The van der Waals surface area contributed by atoms with Crippen LogP contribution in [0.5, 0.6) is 0 Å². The van der Waals surface area contributed by atoms with Crippen LogP contribution >= 0.6 is 0 Å². The fourth-order valence-electron chi connectivity index (χ4n) is 3.97. The predicted molar refractivity (Wildman–Crippen MR) is 124 cm³/mol. The number of hydrogen-bond donors (Lipinski definition) is 1. The molecule has 1 atom stereocenters. The highest BCUT2D eigenvalue weighted by Crippen LogP contribution is 2.40. The molecule has 1 saturated heterocycles. The third-order valence-electron chi connectivity index (χ3n) is 5.75. The summed E-state index contributed by atoms with van der Waals surface area (Å²) in [5, 5.41) is 11.0. The number of hydrogen-bond acceptors (Lipinski definition) is 6. The average Bonchev–Trinajstić information content (AvgIpc) is 3.08. The van der Waals surface area contributed by atoms with E-state index >= 15 is 0 Å². The Morgan fingerprint density at radius 2 is 1.71 bits per heavy atom. The zero-order valence-corrected chi connectivity index (χ0v) is 20.0. The van der Waals surface area contributed by atoms with Crippen molar-refractivity contribution in [2.45, 2.75) is 24.8 Å². The van der Waals surface area contributed by atoms with Crippen molar-refractivity contribution in [1.82, 2.24) is 9.21 Å². The van der Waals surface area contributed by atoms with Crippen molar-refractivity contribution >= 4 is 27.5 Å². The number of nitrogens with zero attached hydrogens (tertiary/aromatic N) is 2. The Labute approximate surface area is 198 Å². The second-order valence-electron chi connectivity index (χ2n) is 7.62. The second kappa shape index (κ2) is 10.5. The molecule has 2 aromatic carbocycles. The number of amides is 1. The Balaban J connectivity index is 2.11. The molecule has 1 aliphatic heterocycles. The van der Waals surface area contributed by atoms with Gasteiger partial charge < -0.3 is 14.7 Å². The Hall–Kier alpha value is -3.08. The van der Waals surface area contributed by atoms with Gasteiger partial charge in [-0.05, 0) is 30.3 Å². The van der Waals surface area contributed by atoms with Gasteiger partial charge in [-0.3, -0.25) is 9.59 Å².